The Bertz CT molecular complexity index is 1330. The number of carbonyl (C=O) groups is 2. The molecule has 0 aromatic rings. The van der Waals surface area contributed by atoms with E-state index in [1.807, 2.05) is 39.4 Å². The molecule has 0 heterocycles. The molecule has 0 bridgehead atoms. The Morgan fingerprint density at radius 2 is 1.29 bits per heavy atom. The second-order valence-electron chi connectivity index (χ2n) is 18.4. The number of esters is 2. The zero-order valence-corrected chi connectivity index (χ0v) is 41.0. The molecule has 3 N–H and O–H groups in total. The monoisotopic (exact) mass is 912 g/mol. The van der Waals surface area contributed by atoms with Gasteiger partial charge in [-0.2, -0.15) is 0 Å². The highest BCUT2D eigenvalue weighted by Gasteiger charge is 2.39. The fourth-order valence-corrected chi connectivity index (χ4v) is 8.17. The summed E-state index contributed by atoms with van der Waals surface area (Å²) in [5, 5.41) is 31.4. The smallest absolute Gasteiger partial charge is 0.306 e. The highest BCUT2D eigenvalue weighted by Crippen LogP contribution is 2.38. The predicted molar refractivity (Wildman–Crippen MR) is 252 cm³/mol. The Labute approximate surface area is 382 Å². The number of carbonyl (C=O) groups excluding carboxylic acids is 2. The van der Waals surface area contributed by atoms with Crippen LogP contribution in [0.2, 0.25) is 0 Å². The number of allylic oxidation sites excluding steroid dienone is 6. The van der Waals surface area contributed by atoms with Crippen molar-refractivity contribution >= 4 is 19.8 Å². The van der Waals surface area contributed by atoms with Crippen LogP contribution in [0.4, 0.5) is 0 Å². The largest absolute Gasteiger partial charge is 0.756 e. The van der Waals surface area contributed by atoms with Crippen molar-refractivity contribution in [1.82, 2.24) is 0 Å². The number of aliphatic hydroxyl groups is 3. The third-order valence-electron chi connectivity index (χ3n) is 11.4. The second kappa shape index (κ2) is 37.0. The highest BCUT2D eigenvalue weighted by atomic mass is 31.2. The fourth-order valence-electron chi connectivity index (χ4n) is 7.44. The second-order valence-corrected chi connectivity index (χ2v) is 19.8. The number of unbranched alkanes of at least 4 members (excludes halogenated alkanes) is 15. The molecule has 0 aromatic heterocycles. The minimum Gasteiger partial charge on any atom is -0.756 e. The number of likely N-dealkylation sites (N-methyl/N-ethyl adjacent to an activating group) is 1. The van der Waals surface area contributed by atoms with Crippen molar-refractivity contribution in [3.8, 4) is 0 Å². The summed E-state index contributed by atoms with van der Waals surface area (Å²) >= 11 is 0. The molecule has 0 aromatic carbocycles. The third-order valence-corrected chi connectivity index (χ3v) is 12.4. The van der Waals surface area contributed by atoms with Crippen LogP contribution in [0.1, 0.15) is 174 Å². The van der Waals surface area contributed by atoms with Crippen molar-refractivity contribution in [2.45, 2.75) is 199 Å². The molecule has 1 aliphatic rings. The first-order valence-corrected chi connectivity index (χ1v) is 26.1. The van der Waals surface area contributed by atoms with Gasteiger partial charge in [0.1, 0.15) is 19.8 Å². The first kappa shape index (κ1) is 58.9. The number of phosphoric acid groups is 1. The Morgan fingerprint density at radius 3 is 1.94 bits per heavy atom. The summed E-state index contributed by atoms with van der Waals surface area (Å²) in [6.45, 7) is 3.82. The Hall–Kier alpha value is -2.15. The van der Waals surface area contributed by atoms with E-state index in [0.29, 0.717) is 43.1 Å². The summed E-state index contributed by atoms with van der Waals surface area (Å²) in [6.07, 6.45) is 36.6. The molecule has 0 radical (unpaired) electrons. The van der Waals surface area contributed by atoms with Gasteiger partial charge in [-0.15, -0.1) is 0 Å². The van der Waals surface area contributed by atoms with Gasteiger partial charge in [0.25, 0.3) is 7.82 Å². The van der Waals surface area contributed by atoms with Gasteiger partial charge in [0.2, 0.25) is 0 Å². The Morgan fingerprint density at radius 1 is 0.714 bits per heavy atom. The number of quaternary nitrogens is 1. The predicted octanol–water partition coefficient (Wildman–Crippen LogP) is 9.99. The van der Waals surface area contributed by atoms with Crippen LogP contribution in [0.15, 0.2) is 48.6 Å². The third kappa shape index (κ3) is 33.9. The van der Waals surface area contributed by atoms with Crippen LogP contribution < -0.4 is 4.89 Å². The van der Waals surface area contributed by atoms with Crippen LogP contribution in [0.5, 0.6) is 0 Å². The van der Waals surface area contributed by atoms with Crippen LogP contribution in [-0.2, 0) is 32.7 Å². The van der Waals surface area contributed by atoms with E-state index in [4.69, 9.17) is 18.5 Å². The van der Waals surface area contributed by atoms with Crippen molar-refractivity contribution in [2.24, 2.45) is 11.8 Å². The number of rotatable bonds is 40. The van der Waals surface area contributed by atoms with Crippen molar-refractivity contribution in [1.29, 1.82) is 0 Å². The zero-order chi connectivity index (χ0) is 46.6. The van der Waals surface area contributed by atoms with E-state index in [2.05, 4.69) is 38.2 Å². The lowest BCUT2D eigenvalue weighted by atomic mass is 9.89. The van der Waals surface area contributed by atoms with E-state index >= 15 is 0 Å². The van der Waals surface area contributed by atoms with Crippen molar-refractivity contribution in [3.05, 3.63) is 48.6 Å². The molecular weight excluding hydrogens is 822 g/mol. The lowest BCUT2D eigenvalue weighted by Crippen LogP contribution is -2.37. The molecule has 0 spiro atoms. The van der Waals surface area contributed by atoms with E-state index in [1.165, 1.54) is 57.8 Å². The fraction of sp³-hybridized carbons (Fsp3) is 0.800. The van der Waals surface area contributed by atoms with Gasteiger partial charge < -0.3 is 43.2 Å². The van der Waals surface area contributed by atoms with Gasteiger partial charge in [-0.1, -0.05) is 140 Å². The van der Waals surface area contributed by atoms with Crippen molar-refractivity contribution in [3.63, 3.8) is 0 Å². The topological polar surface area (TPSA) is 172 Å². The van der Waals surface area contributed by atoms with E-state index in [9.17, 15) is 34.4 Å². The van der Waals surface area contributed by atoms with Gasteiger partial charge in [0.05, 0.1) is 46.1 Å². The molecule has 1 fully saturated rings. The van der Waals surface area contributed by atoms with Gasteiger partial charge in [0, 0.05) is 25.2 Å². The molecule has 7 atom stereocenters. The molecule has 366 valence electrons. The minimum atomic E-state index is -4.70. The normalized spacial score (nSPS) is 20.3. The van der Waals surface area contributed by atoms with Crippen LogP contribution >= 0.6 is 7.82 Å². The van der Waals surface area contributed by atoms with Crippen LogP contribution in [-0.4, -0.2) is 104 Å². The van der Waals surface area contributed by atoms with Gasteiger partial charge in [-0.3, -0.25) is 14.2 Å². The van der Waals surface area contributed by atoms with E-state index in [-0.39, 0.29) is 44.3 Å². The molecule has 0 aliphatic heterocycles. The maximum absolute atomic E-state index is 12.8. The average molecular weight is 912 g/mol. The van der Waals surface area contributed by atoms with Crippen molar-refractivity contribution < 1.29 is 57.4 Å². The summed E-state index contributed by atoms with van der Waals surface area (Å²) in [5.74, 6) is -1.46. The summed E-state index contributed by atoms with van der Waals surface area (Å²) in [4.78, 5) is 37.9. The Balaban J connectivity index is 2.44. The summed E-state index contributed by atoms with van der Waals surface area (Å²) in [5.41, 5.74) is 0. The average Bonchev–Trinajstić information content (AvgIpc) is 3.50. The molecule has 1 unspecified atom stereocenters. The summed E-state index contributed by atoms with van der Waals surface area (Å²) in [7, 11) is 1.01. The van der Waals surface area contributed by atoms with Gasteiger partial charge in [0.15, 0.2) is 6.10 Å². The standard InChI is InChI=1S/C50H90NO11P/c1-6-8-10-11-12-13-14-15-16-17-18-19-20-21-22-23-24-25-30-34-49(55)59-41-44(42-61-63(57,58)60-39-38-51(3,4)5)62-50(56)35-31-27-26-29-33-45-46(48(54)40-47(45)53)37-36-43(52)32-28-9-7-2/h12-13,15-16,26,29,36-37,43-48,52-54H,6-11,14,17-25,27-28,30-35,38-42H2,1-5H3/b13-12-,16-15-,29-26+,37-36+/t43-,44+,45+,46+,47-,48+/m0/s1. The maximum Gasteiger partial charge on any atom is 0.306 e. The van der Waals surface area contributed by atoms with Crippen LogP contribution in [0, 0.1) is 11.8 Å². The number of hydrogen-bond acceptors (Lipinski definition) is 11. The lowest BCUT2D eigenvalue weighted by molar-refractivity contribution is -0.870. The van der Waals surface area contributed by atoms with Crippen LogP contribution in [0.25, 0.3) is 0 Å². The maximum atomic E-state index is 12.8. The summed E-state index contributed by atoms with van der Waals surface area (Å²) in [6, 6.07) is 0. The number of aliphatic hydroxyl groups excluding tert-OH is 3. The lowest BCUT2D eigenvalue weighted by Gasteiger charge is -2.28. The first-order valence-electron chi connectivity index (χ1n) is 24.6. The van der Waals surface area contributed by atoms with Gasteiger partial charge in [-0.05, 0) is 70.1 Å². The molecule has 0 amide bonds. The molecule has 13 heteroatoms. The molecule has 1 saturated carbocycles. The molecule has 12 nitrogen and oxygen atoms in total. The number of nitrogens with zero attached hydrogens (tertiary/aromatic N) is 1. The van der Waals surface area contributed by atoms with Crippen molar-refractivity contribution in [2.75, 3.05) is 47.5 Å². The number of ether oxygens (including phenoxy) is 2. The first-order chi connectivity index (χ1) is 30.2. The van der Waals surface area contributed by atoms with Crippen LogP contribution in [0.3, 0.4) is 0 Å². The van der Waals surface area contributed by atoms with Gasteiger partial charge in [-0.25, -0.2) is 0 Å². The quantitative estimate of drug-likeness (QED) is 0.0176. The van der Waals surface area contributed by atoms with E-state index < -0.39 is 50.8 Å². The van der Waals surface area contributed by atoms with E-state index in [1.54, 1.807) is 6.08 Å². The highest BCUT2D eigenvalue weighted by molar-refractivity contribution is 7.45. The molecule has 0 saturated heterocycles. The SMILES string of the molecule is CCCCC/C=C\C/C=C\CCCCCCCCCCCC(=O)OC[C@H](COP(=O)([O-])OCC[N+](C)(C)C)OC(=O)CCC/C=C/C[C@@H]1[C@@H](/C=C/[C@@H](O)CCCCC)[C@H](O)C[C@@H]1O. The number of hydrogen-bond donors (Lipinski definition) is 3. The number of phosphoric ester groups is 1. The molecular formula is C50H90NO11P. The molecule has 63 heavy (non-hydrogen) atoms. The minimum absolute atomic E-state index is 0.0462. The molecule has 1 aliphatic carbocycles. The zero-order valence-electron chi connectivity index (χ0n) is 40.1. The summed E-state index contributed by atoms with van der Waals surface area (Å²) < 4.78 is 33.9. The molecule has 1 rings (SSSR count). The van der Waals surface area contributed by atoms with Gasteiger partial charge >= 0.3 is 11.9 Å². The Kier molecular flexibility index (Phi) is 34.6. The van der Waals surface area contributed by atoms with E-state index in [0.717, 1.165) is 51.4 Å².